The van der Waals surface area contributed by atoms with Crippen molar-refractivity contribution in [2.75, 3.05) is 0 Å². The number of hydrogen-bond acceptors (Lipinski definition) is 5. The normalized spacial score (nSPS) is 11.1. The van der Waals surface area contributed by atoms with E-state index in [4.69, 9.17) is 0 Å². The van der Waals surface area contributed by atoms with Crippen LogP contribution in [0.25, 0.3) is 0 Å². The predicted molar refractivity (Wildman–Crippen MR) is 108 cm³/mol. The number of carbonyl (C=O) groups is 1. The zero-order chi connectivity index (χ0) is 19.1. The minimum Gasteiger partial charge on any atom is -0.507 e. The Morgan fingerprint density at radius 3 is 2.37 bits per heavy atom. The van der Waals surface area contributed by atoms with Crippen LogP contribution in [0.1, 0.15) is 15.9 Å². The highest BCUT2D eigenvalue weighted by atomic mass is 79.9. The summed E-state index contributed by atoms with van der Waals surface area (Å²) in [6, 6.07) is 21.0. The van der Waals surface area contributed by atoms with Gasteiger partial charge in [-0.15, -0.1) is 0 Å². The first-order chi connectivity index (χ1) is 13.1. The number of benzene rings is 3. The molecule has 3 aromatic rings. The van der Waals surface area contributed by atoms with E-state index in [0.29, 0.717) is 16.8 Å². The lowest BCUT2D eigenvalue weighted by Crippen LogP contribution is -2.17. The number of carbonyl (C=O) groups excluding carboxylic acids is 1. The van der Waals surface area contributed by atoms with Gasteiger partial charge in [-0.25, -0.2) is 5.43 Å². The maximum Gasteiger partial charge on any atom is 0.271 e. The number of phenols is 1. The first-order valence-corrected chi connectivity index (χ1v) is 8.80. The van der Waals surface area contributed by atoms with Crippen molar-refractivity contribution in [2.45, 2.75) is 0 Å². The number of hydrogen-bond donors (Lipinski definition) is 2. The minimum atomic E-state index is -0.349. The lowest BCUT2D eigenvalue weighted by Gasteiger charge is -2.02. The summed E-state index contributed by atoms with van der Waals surface area (Å²) < 4.78 is 0.883. The summed E-state index contributed by atoms with van der Waals surface area (Å²) in [7, 11) is 0. The molecule has 7 heteroatoms. The fourth-order valence-corrected chi connectivity index (χ4v) is 2.41. The third-order valence-electron chi connectivity index (χ3n) is 3.52. The largest absolute Gasteiger partial charge is 0.507 e. The molecule has 27 heavy (non-hydrogen) atoms. The predicted octanol–water partition coefficient (Wildman–Crippen LogP) is 5.33. The molecule has 1 amide bonds. The molecule has 134 valence electrons. The van der Waals surface area contributed by atoms with E-state index in [2.05, 4.69) is 36.7 Å². The van der Waals surface area contributed by atoms with Crippen molar-refractivity contribution < 1.29 is 9.90 Å². The molecule has 0 aromatic heterocycles. The van der Waals surface area contributed by atoms with Gasteiger partial charge in [0.1, 0.15) is 5.75 Å². The molecular formula is C20H15BrN4O2. The van der Waals surface area contributed by atoms with Gasteiger partial charge in [-0.05, 0) is 54.6 Å². The van der Waals surface area contributed by atoms with E-state index in [9.17, 15) is 9.90 Å². The molecule has 3 rings (SSSR count). The molecule has 0 spiro atoms. The summed E-state index contributed by atoms with van der Waals surface area (Å²) in [5, 5.41) is 22.1. The summed E-state index contributed by atoms with van der Waals surface area (Å²) in [6.45, 7) is 0. The summed E-state index contributed by atoms with van der Waals surface area (Å²) in [4.78, 5) is 12.0. The average molecular weight is 423 g/mol. The molecular weight excluding hydrogens is 408 g/mol. The Kier molecular flexibility index (Phi) is 6.06. The van der Waals surface area contributed by atoms with E-state index in [-0.39, 0.29) is 11.7 Å². The van der Waals surface area contributed by atoms with Crippen LogP contribution in [0.5, 0.6) is 5.75 Å². The third kappa shape index (κ3) is 5.32. The van der Waals surface area contributed by atoms with Gasteiger partial charge < -0.3 is 5.11 Å². The van der Waals surface area contributed by atoms with Crippen LogP contribution in [-0.2, 0) is 0 Å². The van der Waals surface area contributed by atoms with Gasteiger partial charge in [-0.1, -0.05) is 34.1 Å². The van der Waals surface area contributed by atoms with Crippen molar-refractivity contribution in [1.29, 1.82) is 0 Å². The molecule has 3 aromatic carbocycles. The fourth-order valence-electron chi connectivity index (χ4n) is 2.14. The van der Waals surface area contributed by atoms with Crippen molar-refractivity contribution in [3.05, 3.63) is 88.4 Å². The highest BCUT2D eigenvalue weighted by molar-refractivity contribution is 9.10. The van der Waals surface area contributed by atoms with Crippen molar-refractivity contribution in [2.24, 2.45) is 15.3 Å². The van der Waals surface area contributed by atoms with Crippen molar-refractivity contribution in [3.63, 3.8) is 0 Å². The Morgan fingerprint density at radius 1 is 0.926 bits per heavy atom. The number of phenolic OH excluding ortho intramolecular Hbond substituents is 1. The molecule has 0 bridgehead atoms. The smallest absolute Gasteiger partial charge is 0.271 e. The molecule has 0 radical (unpaired) electrons. The van der Waals surface area contributed by atoms with Gasteiger partial charge >= 0.3 is 0 Å². The molecule has 0 aliphatic heterocycles. The molecule has 2 N–H and O–H groups in total. The lowest BCUT2D eigenvalue weighted by atomic mass is 10.2. The maximum atomic E-state index is 12.0. The van der Waals surface area contributed by atoms with E-state index in [1.54, 1.807) is 36.4 Å². The summed E-state index contributed by atoms with van der Waals surface area (Å²) in [5.41, 5.74) is 4.59. The number of amides is 1. The molecule has 0 heterocycles. The van der Waals surface area contributed by atoms with Gasteiger partial charge in [0.15, 0.2) is 0 Å². The molecule has 0 saturated heterocycles. The average Bonchev–Trinajstić information content (AvgIpc) is 2.69. The fraction of sp³-hybridized carbons (Fsp3) is 0. The van der Waals surface area contributed by atoms with Crippen LogP contribution in [0.15, 0.2) is 92.6 Å². The first kappa shape index (κ1) is 18.5. The zero-order valence-electron chi connectivity index (χ0n) is 14.1. The number of hydrazone groups is 1. The zero-order valence-corrected chi connectivity index (χ0v) is 15.7. The van der Waals surface area contributed by atoms with Crippen LogP contribution in [0.2, 0.25) is 0 Å². The molecule has 0 unspecified atom stereocenters. The third-order valence-corrected chi connectivity index (χ3v) is 4.05. The Morgan fingerprint density at radius 2 is 1.63 bits per heavy atom. The van der Waals surface area contributed by atoms with Gasteiger partial charge in [0, 0.05) is 15.6 Å². The highest BCUT2D eigenvalue weighted by Crippen LogP contribution is 2.24. The molecule has 0 aliphatic rings. The van der Waals surface area contributed by atoms with Crippen LogP contribution < -0.4 is 5.43 Å². The van der Waals surface area contributed by atoms with Crippen molar-refractivity contribution >= 4 is 39.4 Å². The highest BCUT2D eigenvalue weighted by Gasteiger charge is 2.04. The van der Waals surface area contributed by atoms with Crippen LogP contribution in [-0.4, -0.2) is 17.2 Å². The maximum absolute atomic E-state index is 12.0. The molecule has 0 atom stereocenters. The molecule has 0 saturated carbocycles. The number of nitrogens with zero attached hydrogens (tertiary/aromatic N) is 3. The molecule has 6 nitrogen and oxygen atoms in total. The van der Waals surface area contributed by atoms with E-state index in [1.165, 1.54) is 12.3 Å². The van der Waals surface area contributed by atoms with E-state index < -0.39 is 0 Å². The van der Waals surface area contributed by atoms with Crippen molar-refractivity contribution in [3.8, 4) is 5.75 Å². The summed E-state index contributed by atoms with van der Waals surface area (Å²) in [6.07, 6.45) is 1.35. The number of nitrogens with one attached hydrogen (secondary N) is 1. The second kappa shape index (κ2) is 8.86. The SMILES string of the molecule is O=C(NN=Cc1cc(N=Nc2ccccc2)ccc1O)c1ccc(Br)cc1. The Bertz CT molecular complexity index is 987. The molecule has 0 aliphatic carbocycles. The van der Waals surface area contributed by atoms with Crippen LogP contribution in [0.3, 0.4) is 0 Å². The minimum absolute atomic E-state index is 0.0234. The number of aromatic hydroxyl groups is 1. The summed E-state index contributed by atoms with van der Waals surface area (Å²) in [5.74, 6) is -0.325. The van der Waals surface area contributed by atoms with E-state index in [1.807, 2.05) is 30.3 Å². The standard InChI is InChI=1S/C20H15BrN4O2/c21-16-8-6-14(7-9-16)20(27)25-22-13-15-12-18(10-11-19(15)26)24-23-17-4-2-1-3-5-17/h1-13,26H,(H,25,27). The van der Waals surface area contributed by atoms with Crippen LogP contribution >= 0.6 is 15.9 Å². The van der Waals surface area contributed by atoms with Gasteiger partial charge in [-0.3, -0.25) is 4.79 Å². The number of azo groups is 1. The second-order valence-corrected chi connectivity index (χ2v) is 6.40. The monoisotopic (exact) mass is 422 g/mol. The number of halogens is 1. The van der Waals surface area contributed by atoms with Crippen LogP contribution in [0.4, 0.5) is 11.4 Å². The quantitative estimate of drug-likeness (QED) is 0.330. The van der Waals surface area contributed by atoms with E-state index >= 15 is 0 Å². The molecule has 0 fully saturated rings. The van der Waals surface area contributed by atoms with Gasteiger partial charge in [-0.2, -0.15) is 15.3 Å². The summed E-state index contributed by atoms with van der Waals surface area (Å²) >= 11 is 3.31. The van der Waals surface area contributed by atoms with Crippen molar-refractivity contribution in [1.82, 2.24) is 5.43 Å². The lowest BCUT2D eigenvalue weighted by molar-refractivity contribution is 0.0955. The van der Waals surface area contributed by atoms with Gasteiger partial charge in [0.25, 0.3) is 5.91 Å². The Hall–Kier alpha value is -3.32. The Labute approximate surface area is 164 Å². The Balaban J connectivity index is 1.69. The number of rotatable bonds is 5. The van der Waals surface area contributed by atoms with Gasteiger partial charge in [0.2, 0.25) is 0 Å². The second-order valence-electron chi connectivity index (χ2n) is 5.48. The topological polar surface area (TPSA) is 86.4 Å². The van der Waals surface area contributed by atoms with E-state index in [0.717, 1.165) is 10.2 Å². The first-order valence-electron chi connectivity index (χ1n) is 8.00. The van der Waals surface area contributed by atoms with Crippen LogP contribution in [0, 0.1) is 0 Å². The van der Waals surface area contributed by atoms with Gasteiger partial charge in [0.05, 0.1) is 17.6 Å².